The Kier molecular flexibility index (Phi) is 6.22. The second-order valence-electron chi connectivity index (χ2n) is 9.18. The number of rotatable bonds is 6. The zero-order valence-electron chi connectivity index (χ0n) is 18.6. The third-order valence-electron chi connectivity index (χ3n) is 6.48. The fraction of sp³-hybridized carbons (Fsp3) is 0.522. The van der Waals surface area contributed by atoms with E-state index in [4.69, 9.17) is 10.7 Å². The van der Waals surface area contributed by atoms with Crippen LogP contribution >= 0.6 is 0 Å². The molecule has 1 aliphatic carbocycles. The van der Waals surface area contributed by atoms with Gasteiger partial charge in [0.1, 0.15) is 11.7 Å². The van der Waals surface area contributed by atoms with E-state index in [9.17, 15) is 13.2 Å². The second kappa shape index (κ2) is 8.78. The van der Waals surface area contributed by atoms with Crippen LogP contribution in [0.1, 0.15) is 57.6 Å². The topological polar surface area (TPSA) is 127 Å². The summed E-state index contributed by atoms with van der Waals surface area (Å²) >= 11 is 0. The van der Waals surface area contributed by atoms with Crippen molar-refractivity contribution in [1.82, 2.24) is 15.3 Å². The standard InChI is InChI=1S/C23H31N5O3S/c1-15(2)32(30,31)17-8-6-16(7-9-17)19-13-26-21-20(28-19)18(12-25-21)22(29)27-14-23(24)10-4-3-5-11-23/h6-9,13,15,18H,3-5,10-12,14,24H2,1-2H3,(H,25,26)(H,27,29). The molecule has 32 heavy (non-hydrogen) atoms. The first-order valence-corrected chi connectivity index (χ1v) is 12.8. The molecule has 9 heteroatoms. The fourth-order valence-corrected chi connectivity index (χ4v) is 5.40. The lowest BCUT2D eigenvalue weighted by atomic mass is 9.82. The van der Waals surface area contributed by atoms with Crippen LogP contribution in [0, 0.1) is 0 Å². The highest BCUT2D eigenvalue weighted by atomic mass is 32.2. The molecular weight excluding hydrogens is 426 g/mol. The number of nitrogens with one attached hydrogen (secondary N) is 2. The Bertz CT molecular complexity index is 1090. The molecule has 1 unspecified atom stereocenters. The maximum absolute atomic E-state index is 12.9. The summed E-state index contributed by atoms with van der Waals surface area (Å²) in [5, 5.41) is 5.70. The minimum Gasteiger partial charge on any atom is -0.367 e. The lowest BCUT2D eigenvalue weighted by Crippen LogP contribution is -2.52. The van der Waals surface area contributed by atoms with Gasteiger partial charge in [-0.2, -0.15) is 0 Å². The molecule has 0 spiro atoms. The number of benzene rings is 1. The van der Waals surface area contributed by atoms with Crippen molar-refractivity contribution >= 4 is 21.6 Å². The highest BCUT2D eigenvalue weighted by molar-refractivity contribution is 7.92. The van der Waals surface area contributed by atoms with Crippen molar-refractivity contribution < 1.29 is 13.2 Å². The molecule has 4 N–H and O–H groups in total. The summed E-state index contributed by atoms with van der Waals surface area (Å²) < 4.78 is 24.7. The van der Waals surface area contributed by atoms with Crippen LogP contribution in [0.25, 0.3) is 11.3 Å². The molecule has 2 aromatic rings. The molecule has 1 aromatic carbocycles. The van der Waals surface area contributed by atoms with E-state index in [2.05, 4.69) is 15.6 Å². The molecule has 2 heterocycles. The molecule has 0 saturated heterocycles. The van der Waals surface area contributed by atoms with Crippen molar-refractivity contribution in [1.29, 1.82) is 0 Å². The monoisotopic (exact) mass is 457 g/mol. The molecule has 1 aliphatic heterocycles. The van der Waals surface area contributed by atoms with Gasteiger partial charge in [0, 0.05) is 24.2 Å². The predicted molar refractivity (Wildman–Crippen MR) is 124 cm³/mol. The van der Waals surface area contributed by atoms with Crippen LogP contribution in [0.2, 0.25) is 0 Å². The van der Waals surface area contributed by atoms with E-state index in [0.717, 1.165) is 31.2 Å². The van der Waals surface area contributed by atoms with Crippen LogP contribution in [-0.2, 0) is 14.6 Å². The van der Waals surface area contributed by atoms with Crippen molar-refractivity contribution in [2.45, 2.75) is 67.6 Å². The van der Waals surface area contributed by atoms with Crippen LogP contribution in [0.5, 0.6) is 0 Å². The van der Waals surface area contributed by atoms with E-state index in [1.54, 1.807) is 44.3 Å². The second-order valence-corrected chi connectivity index (χ2v) is 11.7. The van der Waals surface area contributed by atoms with Crippen LogP contribution in [0.4, 0.5) is 5.82 Å². The van der Waals surface area contributed by atoms with Crippen molar-refractivity contribution in [3.63, 3.8) is 0 Å². The van der Waals surface area contributed by atoms with E-state index in [-0.39, 0.29) is 16.3 Å². The SMILES string of the molecule is CC(C)S(=O)(=O)c1ccc(-c2cnc3c(n2)C(C(=O)NCC2(N)CCCCC2)CN3)cc1. The Morgan fingerprint density at radius 3 is 2.56 bits per heavy atom. The Morgan fingerprint density at radius 1 is 1.22 bits per heavy atom. The minimum absolute atomic E-state index is 0.100. The van der Waals surface area contributed by atoms with Crippen molar-refractivity contribution in [2.75, 3.05) is 18.4 Å². The molecule has 8 nitrogen and oxygen atoms in total. The number of nitrogens with two attached hydrogens (primary N) is 1. The Balaban J connectivity index is 1.50. The van der Waals surface area contributed by atoms with E-state index in [1.165, 1.54) is 6.42 Å². The molecule has 2 aliphatic rings. The summed E-state index contributed by atoms with van der Waals surface area (Å²) in [6, 6.07) is 6.63. The van der Waals surface area contributed by atoms with Gasteiger partial charge in [-0.1, -0.05) is 31.4 Å². The average molecular weight is 458 g/mol. The average Bonchev–Trinajstić information content (AvgIpc) is 3.21. The number of carbonyl (C=O) groups is 1. The van der Waals surface area contributed by atoms with E-state index < -0.39 is 21.0 Å². The molecule has 0 radical (unpaired) electrons. The van der Waals surface area contributed by atoms with Gasteiger partial charge in [-0.05, 0) is 38.8 Å². The molecule has 0 bridgehead atoms. The third kappa shape index (κ3) is 4.49. The van der Waals surface area contributed by atoms with Crippen LogP contribution in [0.3, 0.4) is 0 Å². The minimum atomic E-state index is -3.34. The summed E-state index contributed by atoms with van der Waals surface area (Å²) in [5.74, 6) is 0.0646. The van der Waals surface area contributed by atoms with Gasteiger partial charge < -0.3 is 16.4 Å². The lowest BCUT2D eigenvalue weighted by molar-refractivity contribution is -0.122. The molecule has 1 amide bonds. The van der Waals surface area contributed by atoms with Gasteiger partial charge in [-0.25, -0.2) is 18.4 Å². The first-order valence-electron chi connectivity index (χ1n) is 11.2. The van der Waals surface area contributed by atoms with Crippen LogP contribution in [0.15, 0.2) is 35.4 Å². The molecule has 172 valence electrons. The Morgan fingerprint density at radius 2 is 1.91 bits per heavy atom. The summed E-state index contributed by atoms with van der Waals surface area (Å²) in [4.78, 5) is 22.3. The number of anilines is 1. The zero-order chi connectivity index (χ0) is 22.9. The zero-order valence-corrected chi connectivity index (χ0v) is 19.4. The quantitative estimate of drug-likeness (QED) is 0.608. The number of carbonyl (C=O) groups excluding carboxylic acids is 1. The van der Waals surface area contributed by atoms with Gasteiger partial charge in [0.25, 0.3) is 0 Å². The first kappa shape index (κ1) is 22.7. The predicted octanol–water partition coefficient (Wildman–Crippen LogP) is 2.61. The summed E-state index contributed by atoms with van der Waals surface area (Å²) in [6.45, 7) is 4.23. The molecule has 1 saturated carbocycles. The van der Waals surface area contributed by atoms with Gasteiger partial charge in [0.15, 0.2) is 9.84 Å². The van der Waals surface area contributed by atoms with E-state index in [0.29, 0.717) is 30.3 Å². The van der Waals surface area contributed by atoms with Crippen molar-refractivity contribution in [2.24, 2.45) is 5.73 Å². The number of nitrogens with zero attached hydrogens (tertiary/aromatic N) is 2. The number of hydrogen-bond acceptors (Lipinski definition) is 7. The normalized spacial score (nSPS) is 19.9. The van der Waals surface area contributed by atoms with Crippen LogP contribution < -0.4 is 16.4 Å². The summed E-state index contributed by atoms with van der Waals surface area (Å²) in [7, 11) is -3.34. The number of aromatic nitrogens is 2. The molecular formula is C23H31N5O3S. The fourth-order valence-electron chi connectivity index (χ4n) is 4.34. The van der Waals surface area contributed by atoms with Gasteiger partial charge in [-0.15, -0.1) is 0 Å². The lowest BCUT2D eigenvalue weighted by Gasteiger charge is -2.33. The van der Waals surface area contributed by atoms with E-state index in [1.807, 2.05) is 0 Å². The van der Waals surface area contributed by atoms with Crippen molar-refractivity contribution in [3.8, 4) is 11.3 Å². The molecule has 4 rings (SSSR count). The Hall–Kier alpha value is -2.52. The highest BCUT2D eigenvalue weighted by Gasteiger charge is 2.34. The molecule has 1 atom stereocenters. The summed E-state index contributed by atoms with van der Waals surface area (Å²) in [6.07, 6.45) is 6.90. The van der Waals surface area contributed by atoms with Gasteiger partial charge >= 0.3 is 0 Å². The maximum atomic E-state index is 12.9. The smallest absolute Gasteiger partial charge is 0.231 e. The number of amides is 1. The molecule has 1 fully saturated rings. The highest BCUT2D eigenvalue weighted by Crippen LogP contribution is 2.31. The van der Waals surface area contributed by atoms with Gasteiger partial charge in [-0.3, -0.25) is 4.79 Å². The first-order chi connectivity index (χ1) is 15.2. The van der Waals surface area contributed by atoms with Gasteiger partial charge in [0.05, 0.1) is 27.7 Å². The van der Waals surface area contributed by atoms with E-state index >= 15 is 0 Å². The number of fused-ring (bicyclic) bond motifs is 1. The Labute approximate surface area is 189 Å². The molecule has 1 aromatic heterocycles. The maximum Gasteiger partial charge on any atom is 0.231 e. The summed E-state index contributed by atoms with van der Waals surface area (Å²) in [5.41, 5.74) is 8.09. The van der Waals surface area contributed by atoms with Crippen LogP contribution in [-0.4, -0.2) is 48.2 Å². The largest absolute Gasteiger partial charge is 0.367 e. The van der Waals surface area contributed by atoms with Gasteiger partial charge in [0.2, 0.25) is 5.91 Å². The third-order valence-corrected chi connectivity index (χ3v) is 8.65. The van der Waals surface area contributed by atoms with Crippen molar-refractivity contribution in [3.05, 3.63) is 36.2 Å². The number of hydrogen-bond donors (Lipinski definition) is 3. The number of sulfone groups is 1.